The molecule has 29 heavy (non-hydrogen) atoms. The molecule has 1 saturated carbocycles. The highest BCUT2D eigenvalue weighted by atomic mass is 32.2. The molecule has 1 aromatic heterocycles. The summed E-state index contributed by atoms with van der Waals surface area (Å²) < 4.78 is 30.6. The van der Waals surface area contributed by atoms with Crippen molar-refractivity contribution in [2.45, 2.75) is 64.0 Å². The maximum atomic E-state index is 12.7. The second-order valence-electron chi connectivity index (χ2n) is 8.21. The molecule has 0 radical (unpaired) electrons. The average Bonchev–Trinajstić information content (AvgIpc) is 3.12. The highest BCUT2D eigenvalue weighted by Crippen LogP contribution is 2.29. The summed E-state index contributed by atoms with van der Waals surface area (Å²) in [5.41, 5.74) is 1.79. The molecule has 1 aliphatic rings. The number of aryl methyl sites for hydroxylation is 1. The Balaban J connectivity index is 1.66. The summed E-state index contributed by atoms with van der Waals surface area (Å²) in [6.45, 7) is 7.65. The number of amides is 1. The van der Waals surface area contributed by atoms with E-state index in [9.17, 15) is 13.2 Å². The number of benzene rings is 1. The van der Waals surface area contributed by atoms with E-state index in [4.69, 9.17) is 4.52 Å². The van der Waals surface area contributed by atoms with E-state index in [1.807, 2.05) is 31.2 Å². The molecule has 1 amide bonds. The van der Waals surface area contributed by atoms with Crippen LogP contribution in [0.25, 0.3) is 11.4 Å². The van der Waals surface area contributed by atoms with Crippen molar-refractivity contribution < 1.29 is 17.7 Å². The van der Waals surface area contributed by atoms with Gasteiger partial charge in [-0.15, -0.1) is 0 Å². The van der Waals surface area contributed by atoms with Gasteiger partial charge in [0, 0.05) is 11.6 Å². The summed E-state index contributed by atoms with van der Waals surface area (Å²) in [4.78, 5) is 16.8. The minimum atomic E-state index is -3.78. The van der Waals surface area contributed by atoms with Gasteiger partial charge in [0.2, 0.25) is 17.6 Å². The van der Waals surface area contributed by atoms with Crippen LogP contribution < -0.4 is 5.32 Å². The fraction of sp³-hybridized carbons (Fsp3) is 0.571. The maximum Gasteiger partial charge on any atom is 0.242 e. The highest BCUT2D eigenvalue weighted by Gasteiger charge is 2.34. The van der Waals surface area contributed by atoms with Crippen molar-refractivity contribution in [1.29, 1.82) is 0 Å². The number of nitrogens with one attached hydrogen (secondary N) is 1. The Morgan fingerprint density at radius 3 is 2.79 bits per heavy atom. The van der Waals surface area contributed by atoms with Crippen LogP contribution >= 0.6 is 0 Å². The molecular formula is C21H29N3O4S. The third kappa shape index (κ3) is 5.04. The van der Waals surface area contributed by atoms with Gasteiger partial charge in [-0.25, -0.2) is 8.42 Å². The number of hydrogen-bond donors (Lipinski definition) is 1. The summed E-state index contributed by atoms with van der Waals surface area (Å²) in [7, 11) is -3.78. The first-order valence-corrected chi connectivity index (χ1v) is 11.8. The lowest BCUT2D eigenvalue weighted by Crippen LogP contribution is -2.48. The molecule has 1 aromatic carbocycles. The number of sulfone groups is 1. The molecule has 1 fully saturated rings. The second kappa shape index (κ2) is 8.65. The molecule has 0 saturated heterocycles. The van der Waals surface area contributed by atoms with Crippen molar-refractivity contribution in [3.8, 4) is 11.4 Å². The monoisotopic (exact) mass is 419 g/mol. The highest BCUT2D eigenvalue weighted by molar-refractivity contribution is 7.92. The summed E-state index contributed by atoms with van der Waals surface area (Å²) in [5.74, 6) is 0.239. The van der Waals surface area contributed by atoms with Crippen LogP contribution in [0, 0.1) is 18.8 Å². The van der Waals surface area contributed by atoms with Crippen molar-refractivity contribution in [1.82, 2.24) is 15.5 Å². The van der Waals surface area contributed by atoms with Crippen molar-refractivity contribution in [3.05, 3.63) is 35.7 Å². The lowest BCUT2D eigenvalue weighted by Gasteiger charge is -2.35. The fourth-order valence-corrected chi connectivity index (χ4v) is 4.87. The molecule has 7 nitrogen and oxygen atoms in total. The molecule has 1 N–H and O–H groups in total. The van der Waals surface area contributed by atoms with Crippen LogP contribution in [0.4, 0.5) is 0 Å². The molecule has 0 aliphatic heterocycles. The molecule has 4 atom stereocenters. The van der Waals surface area contributed by atoms with E-state index in [-0.39, 0.29) is 11.9 Å². The zero-order chi connectivity index (χ0) is 21.2. The van der Waals surface area contributed by atoms with E-state index in [0.717, 1.165) is 30.4 Å². The molecule has 0 unspecified atom stereocenters. The first kappa shape index (κ1) is 21.5. The van der Waals surface area contributed by atoms with E-state index >= 15 is 0 Å². The maximum absolute atomic E-state index is 12.7. The second-order valence-corrected chi connectivity index (χ2v) is 10.5. The van der Waals surface area contributed by atoms with Gasteiger partial charge in [0.1, 0.15) is 11.0 Å². The third-order valence-electron chi connectivity index (χ3n) is 6.01. The smallest absolute Gasteiger partial charge is 0.242 e. The zero-order valence-corrected chi connectivity index (χ0v) is 18.2. The number of rotatable bonds is 6. The van der Waals surface area contributed by atoms with E-state index in [2.05, 4.69) is 29.3 Å². The van der Waals surface area contributed by atoms with Crippen LogP contribution in [0.3, 0.4) is 0 Å². The average molecular weight is 420 g/mol. The number of carbonyl (C=O) groups is 1. The summed E-state index contributed by atoms with van der Waals surface area (Å²) in [5, 5.41) is 5.64. The molecule has 0 bridgehead atoms. The molecular weight excluding hydrogens is 390 g/mol. The molecule has 3 rings (SSSR count). The predicted molar refractivity (Wildman–Crippen MR) is 111 cm³/mol. The van der Waals surface area contributed by atoms with E-state index < -0.39 is 26.7 Å². The van der Waals surface area contributed by atoms with Gasteiger partial charge < -0.3 is 9.84 Å². The zero-order valence-electron chi connectivity index (χ0n) is 17.4. The molecule has 158 valence electrons. The summed E-state index contributed by atoms with van der Waals surface area (Å²) >= 11 is 0. The van der Waals surface area contributed by atoms with Gasteiger partial charge in [-0.3, -0.25) is 4.79 Å². The molecule has 1 heterocycles. The topological polar surface area (TPSA) is 102 Å². The Morgan fingerprint density at radius 2 is 2.07 bits per heavy atom. The lowest BCUT2D eigenvalue weighted by atomic mass is 9.78. The van der Waals surface area contributed by atoms with Crippen molar-refractivity contribution in [2.75, 3.05) is 0 Å². The number of nitrogens with zero attached hydrogens (tertiary/aromatic N) is 2. The van der Waals surface area contributed by atoms with Crippen LogP contribution in [0.2, 0.25) is 0 Å². The van der Waals surface area contributed by atoms with Gasteiger partial charge in [0.25, 0.3) is 0 Å². The lowest BCUT2D eigenvalue weighted by molar-refractivity contribution is -0.121. The van der Waals surface area contributed by atoms with Crippen LogP contribution in [-0.4, -0.2) is 35.8 Å². The minimum absolute atomic E-state index is 0.0131. The SMILES string of the molecule is Cc1cccc(-c2noc(CS(=O)(=O)[C@H](C)C(=O)N[C@@H]3CCC[C@@H](C)[C@H]3C)n2)c1. The van der Waals surface area contributed by atoms with Crippen LogP contribution in [0.1, 0.15) is 51.5 Å². The van der Waals surface area contributed by atoms with E-state index in [0.29, 0.717) is 17.7 Å². The third-order valence-corrected chi connectivity index (χ3v) is 7.95. The van der Waals surface area contributed by atoms with Gasteiger partial charge >= 0.3 is 0 Å². The Labute approximate surface area is 172 Å². The summed E-state index contributed by atoms with van der Waals surface area (Å²) in [6.07, 6.45) is 3.07. The van der Waals surface area contributed by atoms with Gasteiger partial charge in [0.05, 0.1) is 0 Å². The Hall–Kier alpha value is -2.22. The Kier molecular flexibility index (Phi) is 6.41. The molecule has 0 spiro atoms. The van der Waals surface area contributed by atoms with Gasteiger partial charge in [-0.1, -0.05) is 55.6 Å². The van der Waals surface area contributed by atoms with Crippen molar-refractivity contribution in [2.24, 2.45) is 11.8 Å². The van der Waals surface area contributed by atoms with E-state index in [1.165, 1.54) is 6.92 Å². The standard InChI is InChI=1S/C21H29N3O4S/c1-13-7-5-9-17(11-13)20-23-19(28-24-20)12-29(26,27)16(4)21(25)22-18-10-6-8-14(2)15(18)3/h5,7,9,11,14-16,18H,6,8,10,12H2,1-4H3,(H,22,25)/t14-,15-,16-,18-/m1/s1. The minimum Gasteiger partial charge on any atom is -0.352 e. The van der Waals surface area contributed by atoms with Gasteiger partial charge in [-0.05, 0) is 38.2 Å². The van der Waals surface area contributed by atoms with E-state index in [1.54, 1.807) is 0 Å². The predicted octanol–water partition coefficient (Wildman–Crippen LogP) is 3.29. The molecule has 1 aliphatic carbocycles. The number of aromatic nitrogens is 2. The van der Waals surface area contributed by atoms with Crippen LogP contribution in [0.5, 0.6) is 0 Å². The van der Waals surface area contributed by atoms with Crippen molar-refractivity contribution in [3.63, 3.8) is 0 Å². The first-order chi connectivity index (χ1) is 13.7. The Bertz CT molecular complexity index is 970. The summed E-state index contributed by atoms with van der Waals surface area (Å²) in [6, 6.07) is 7.56. The largest absolute Gasteiger partial charge is 0.352 e. The van der Waals surface area contributed by atoms with Crippen molar-refractivity contribution >= 4 is 15.7 Å². The normalized spacial score (nSPS) is 23.5. The Morgan fingerprint density at radius 1 is 1.31 bits per heavy atom. The van der Waals surface area contributed by atoms with Gasteiger partial charge in [0.15, 0.2) is 9.84 Å². The quantitative estimate of drug-likeness (QED) is 0.771. The number of carbonyl (C=O) groups excluding carboxylic acids is 1. The first-order valence-electron chi connectivity index (χ1n) is 10.1. The van der Waals surface area contributed by atoms with Gasteiger partial charge in [-0.2, -0.15) is 4.98 Å². The molecule has 8 heteroatoms. The number of hydrogen-bond acceptors (Lipinski definition) is 6. The van der Waals surface area contributed by atoms with Crippen LogP contribution in [-0.2, 0) is 20.4 Å². The fourth-order valence-electron chi connectivity index (χ4n) is 3.76. The van der Waals surface area contributed by atoms with Crippen LogP contribution in [0.15, 0.2) is 28.8 Å². The molecule has 2 aromatic rings.